The molecule has 0 aliphatic rings. The minimum atomic E-state index is -1.18. The lowest BCUT2D eigenvalue weighted by Gasteiger charge is -2.00. The Hall–Kier alpha value is -2.78. The van der Waals surface area contributed by atoms with Gasteiger partial charge in [-0.15, -0.1) is 11.3 Å². The molecule has 0 saturated carbocycles. The number of carbonyl (C=O) groups excluding carboxylic acids is 1. The fourth-order valence-corrected chi connectivity index (χ4v) is 4.52. The van der Waals surface area contributed by atoms with Crippen LogP contribution in [0.1, 0.15) is 20.0 Å². The van der Waals surface area contributed by atoms with E-state index in [2.05, 4.69) is 25.9 Å². The third kappa shape index (κ3) is 2.47. The fourth-order valence-electron chi connectivity index (χ4n) is 2.79. The monoisotopic (exact) mass is 433 g/mol. The first-order valence-electron chi connectivity index (χ1n) is 7.30. The smallest absolute Gasteiger partial charge is 0.346 e. The topological polar surface area (TPSA) is 109 Å². The number of H-pyrrole nitrogens is 1. The van der Waals surface area contributed by atoms with Crippen molar-refractivity contribution >= 4 is 60.3 Å². The van der Waals surface area contributed by atoms with Crippen LogP contribution in [0.5, 0.6) is 0 Å². The molecule has 1 amide bonds. The van der Waals surface area contributed by atoms with Gasteiger partial charge < -0.3 is 15.8 Å². The number of aromatic carboxylic acids is 1. The number of thiophene rings is 1. The van der Waals surface area contributed by atoms with E-state index in [9.17, 15) is 19.1 Å². The van der Waals surface area contributed by atoms with Crippen LogP contribution in [0.2, 0.25) is 0 Å². The maximum Gasteiger partial charge on any atom is 0.346 e. The van der Waals surface area contributed by atoms with E-state index in [1.165, 1.54) is 18.2 Å². The second-order valence-electron chi connectivity index (χ2n) is 5.53. The fraction of sp³-hybridized carbons (Fsp3) is 0. The molecule has 4 aromatic rings. The normalized spacial score (nSPS) is 11.3. The summed E-state index contributed by atoms with van der Waals surface area (Å²) in [5.74, 6) is -2.00. The van der Waals surface area contributed by atoms with Gasteiger partial charge in [-0.1, -0.05) is 15.9 Å². The summed E-state index contributed by atoms with van der Waals surface area (Å²) in [5.41, 5.74) is 6.92. The molecular weight excluding hydrogens is 425 g/mol. The molecule has 0 aliphatic carbocycles. The first-order valence-corrected chi connectivity index (χ1v) is 8.91. The number of hydrogen-bond donors (Lipinski definition) is 3. The highest BCUT2D eigenvalue weighted by Gasteiger charge is 2.25. The Labute approximate surface area is 157 Å². The van der Waals surface area contributed by atoms with Crippen LogP contribution in [0.25, 0.3) is 32.5 Å². The van der Waals surface area contributed by atoms with E-state index in [4.69, 9.17) is 5.73 Å². The number of carboxylic acid groups (broad SMARTS) is 1. The highest BCUT2D eigenvalue weighted by Crippen LogP contribution is 2.43. The number of halogens is 2. The summed E-state index contributed by atoms with van der Waals surface area (Å²) in [7, 11) is 0. The quantitative estimate of drug-likeness (QED) is 0.450. The van der Waals surface area contributed by atoms with Gasteiger partial charge in [0.1, 0.15) is 16.5 Å². The molecule has 2 aromatic carbocycles. The standard InChI is InChI=1S/C17H9BrFN3O3S/c18-7-2-3-8(19)13-11(7)12(14(26-13)17(24)25)16-21-9-4-1-6(15(20)23)5-10(9)22-16/h1-5H,(H2,20,23)(H,21,22)(H,24,25). The number of fused-ring (bicyclic) bond motifs is 2. The lowest BCUT2D eigenvalue weighted by atomic mass is 10.1. The van der Waals surface area contributed by atoms with Gasteiger partial charge in [0.25, 0.3) is 0 Å². The highest BCUT2D eigenvalue weighted by atomic mass is 79.9. The third-order valence-electron chi connectivity index (χ3n) is 3.94. The molecule has 26 heavy (non-hydrogen) atoms. The van der Waals surface area contributed by atoms with Crippen LogP contribution in [-0.4, -0.2) is 27.0 Å². The van der Waals surface area contributed by atoms with E-state index in [1.807, 2.05) is 0 Å². The molecule has 0 aliphatic heterocycles. The van der Waals surface area contributed by atoms with E-state index in [0.717, 1.165) is 11.3 Å². The van der Waals surface area contributed by atoms with Gasteiger partial charge in [0, 0.05) is 15.4 Å². The van der Waals surface area contributed by atoms with Crippen LogP contribution < -0.4 is 5.73 Å². The predicted octanol–water partition coefficient (Wildman–Crippen LogP) is 4.14. The zero-order valence-corrected chi connectivity index (χ0v) is 15.2. The van der Waals surface area contributed by atoms with E-state index in [-0.39, 0.29) is 21.0 Å². The second kappa shape index (κ2) is 5.89. The number of amides is 1. The number of aromatic amines is 1. The molecule has 9 heteroatoms. The van der Waals surface area contributed by atoms with Crippen molar-refractivity contribution in [1.82, 2.24) is 9.97 Å². The molecular formula is C17H9BrFN3O3S. The summed E-state index contributed by atoms with van der Waals surface area (Å²) in [5, 5.41) is 10.0. The molecule has 0 unspecified atom stereocenters. The predicted molar refractivity (Wildman–Crippen MR) is 100 cm³/mol. The molecule has 0 saturated heterocycles. The SMILES string of the molecule is NC(=O)c1ccc2[nH]c(-c3c(C(=O)O)sc4c(F)ccc(Br)c34)nc2c1. The van der Waals surface area contributed by atoms with Gasteiger partial charge in [-0.2, -0.15) is 0 Å². The van der Waals surface area contributed by atoms with Crippen LogP contribution in [0.3, 0.4) is 0 Å². The third-order valence-corrected chi connectivity index (χ3v) is 5.79. The molecule has 0 bridgehead atoms. The lowest BCUT2D eigenvalue weighted by Crippen LogP contribution is -2.10. The largest absolute Gasteiger partial charge is 0.477 e. The van der Waals surface area contributed by atoms with Crippen LogP contribution in [0.4, 0.5) is 4.39 Å². The molecule has 4 N–H and O–H groups in total. The zero-order valence-electron chi connectivity index (χ0n) is 12.8. The van der Waals surface area contributed by atoms with Crippen molar-refractivity contribution in [3.63, 3.8) is 0 Å². The summed E-state index contributed by atoms with van der Waals surface area (Å²) in [6, 6.07) is 7.49. The van der Waals surface area contributed by atoms with E-state index < -0.39 is 17.7 Å². The Morgan fingerprint density at radius 3 is 2.73 bits per heavy atom. The van der Waals surface area contributed by atoms with Crippen LogP contribution in [-0.2, 0) is 0 Å². The first kappa shape index (κ1) is 16.7. The van der Waals surface area contributed by atoms with Gasteiger partial charge in [-0.25, -0.2) is 14.2 Å². The average Bonchev–Trinajstić information content (AvgIpc) is 3.19. The van der Waals surface area contributed by atoms with Crippen molar-refractivity contribution < 1.29 is 19.1 Å². The number of carbonyl (C=O) groups is 2. The van der Waals surface area contributed by atoms with Crippen molar-refractivity contribution in [1.29, 1.82) is 0 Å². The molecule has 130 valence electrons. The maximum atomic E-state index is 14.2. The number of nitrogens with one attached hydrogen (secondary N) is 1. The Balaban J connectivity index is 2.06. The van der Waals surface area contributed by atoms with Crippen molar-refractivity contribution in [2.75, 3.05) is 0 Å². The van der Waals surface area contributed by atoms with Gasteiger partial charge in [0.05, 0.1) is 21.3 Å². The van der Waals surface area contributed by atoms with Crippen molar-refractivity contribution in [2.45, 2.75) is 0 Å². The number of hydrogen-bond acceptors (Lipinski definition) is 4. The average molecular weight is 434 g/mol. The zero-order chi connectivity index (χ0) is 18.6. The summed E-state index contributed by atoms with van der Waals surface area (Å²) < 4.78 is 15.0. The first-order chi connectivity index (χ1) is 12.4. The second-order valence-corrected chi connectivity index (χ2v) is 7.40. The number of imidazole rings is 1. The van der Waals surface area contributed by atoms with Crippen LogP contribution in [0, 0.1) is 5.82 Å². The molecule has 0 fully saturated rings. The molecule has 2 heterocycles. The Morgan fingerprint density at radius 1 is 1.27 bits per heavy atom. The summed E-state index contributed by atoms with van der Waals surface area (Å²) in [6.07, 6.45) is 0. The molecule has 0 radical (unpaired) electrons. The number of nitrogens with two attached hydrogens (primary N) is 1. The number of rotatable bonds is 3. The Bertz CT molecular complexity index is 1230. The van der Waals surface area contributed by atoms with Crippen molar-refractivity contribution in [3.8, 4) is 11.4 Å². The molecule has 0 atom stereocenters. The van der Waals surface area contributed by atoms with E-state index >= 15 is 0 Å². The molecule has 2 aromatic heterocycles. The highest BCUT2D eigenvalue weighted by molar-refractivity contribution is 9.10. The number of nitrogens with zero attached hydrogens (tertiary/aromatic N) is 1. The van der Waals surface area contributed by atoms with Crippen molar-refractivity contribution in [2.24, 2.45) is 5.73 Å². The number of carboxylic acids is 1. The summed E-state index contributed by atoms with van der Waals surface area (Å²) in [6.45, 7) is 0. The van der Waals surface area contributed by atoms with Gasteiger partial charge in [-0.05, 0) is 30.3 Å². The minimum Gasteiger partial charge on any atom is -0.477 e. The summed E-state index contributed by atoms with van der Waals surface area (Å²) in [4.78, 5) is 30.5. The lowest BCUT2D eigenvalue weighted by molar-refractivity contribution is 0.0702. The van der Waals surface area contributed by atoms with Gasteiger partial charge in [-0.3, -0.25) is 4.79 Å². The maximum absolute atomic E-state index is 14.2. The number of benzene rings is 2. The Morgan fingerprint density at radius 2 is 2.04 bits per heavy atom. The number of aromatic nitrogens is 2. The van der Waals surface area contributed by atoms with Crippen LogP contribution in [0.15, 0.2) is 34.8 Å². The Kier molecular flexibility index (Phi) is 3.78. The van der Waals surface area contributed by atoms with Crippen LogP contribution >= 0.6 is 27.3 Å². The van der Waals surface area contributed by atoms with E-state index in [0.29, 0.717) is 26.5 Å². The van der Waals surface area contributed by atoms with Gasteiger partial charge in [0.15, 0.2) is 0 Å². The molecule has 4 rings (SSSR count). The summed E-state index contributed by atoms with van der Waals surface area (Å²) >= 11 is 4.21. The van der Waals surface area contributed by atoms with Gasteiger partial charge in [0.2, 0.25) is 5.91 Å². The number of primary amides is 1. The van der Waals surface area contributed by atoms with E-state index in [1.54, 1.807) is 12.1 Å². The minimum absolute atomic E-state index is 0.0278. The molecule has 0 spiro atoms. The van der Waals surface area contributed by atoms with Gasteiger partial charge >= 0.3 is 5.97 Å². The molecule has 6 nitrogen and oxygen atoms in total. The van der Waals surface area contributed by atoms with Crippen molar-refractivity contribution in [3.05, 3.63) is 51.1 Å².